The summed E-state index contributed by atoms with van der Waals surface area (Å²) in [5, 5.41) is 3.03. The lowest BCUT2D eigenvalue weighted by Crippen LogP contribution is -2.31. The third-order valence-corrected chi connectivity index (χ3v) is 4.53. The lowest BCUT2D eigenvalue weighted by atomic mass is 10.0. The second kappa shape index (κ2) is 5.53. The number of thioether (sulfide) groups is 1. The first-order chi connectivity index (χ1) is 9.34. The maximum atomic E-state index is 12.2. The average Bonchev–Trinajstić information content (AvgIpc) is 3.07. The Labute approximate surface area is 117 Å². The zero-order valence-corrected chi connectivity index (χ0v) is 11.4. The smallest absolute Gasteiger partial charge is 0.228 e. The number of fused-ring (bicyclic) bond motifs is 1. The molecule has 1 aromatic carbocycles. The molecule has 0 aliphatic carbocycles. The van der Waals surface area contributed by atoms with Crippen LogP contribution in [0.3, 0.4) is 0 Å². The zero-order valence-electron chi connectivity index (χ0n) is 10.6. The molecule has 19 heavy (non-hydrogen) atoms. The predicted octanol–water partition coefficient (Wildman–Crippen LogP) is 2.49. The first-order valence-corrected chi connectivity index (χ1v) is 7.43. The largest absolute Gasteiger partial charge is 0.354 e. The number of amides is 1. The summed E-state index contributed by atoms with van der Waals surface area (Å²) in [4.78, 5) is 13.4. The second-order valence-electron chi connectivity index (χ2n) is 4.61. The van der Waals surface area contributed by atoms with Gasteiger partial charge in [0.15, 0.2) is 0 Å². The van der Waals surface area contributed by atoms with Crippen molar-refractivity contribution in [2.24, 2.45) is 0 Å². The maximum Gasteiger partial charge on any atom is 0.228 e. The van der Waals surface area contributed by atoms with Crippen molar-refractivity contribution in [1.82, 2.24) is 9.88 Å². The Morgan fingerprint density at radius 1 is 1.26 bits per heavy atom. The Morgan fingerprint density at radius 2 is 2.05 bits per heavy atom. The molecule has 4 heteroatoms. The normalized spacial score (nSPS) is 17.2. The summed E-state index contributed by atoms with van der Waals surface area (Å²) < 4.78 is 2.07. The van der Waals surface area contributed by atoms with E-state index in [1.54, 1.807) is 11.8 Å². The van der Waals surface area contributed by atoms with Crippen molar-refractivity contribution in [3.8, 4) is 0 Å². The molecule has 3 nitrogen and oxygen atoms in total. The van der Waals surface area contributed by atoms with E-state index in [1.165, 1.54) is 10.5 Å². The summed E-state index contributed by atoms with van der Waals surface area (Å²) in [6.07, 6.45) is 4.01. The van der Waals surface area contributed by atoms with Crippen LogP contribution in [0, 0.1) is 0 Å². The molecular weight excluding hydrogens is 256 g/mol. The predicted molar refractivity (Wildman–Crippen MR) is 77.3 cm³/mol. The number of nitrogens with zero attached hydrogens (tertiary/aromatic N) is 1. The van der Waals surface area contributed by atoms with E-state index in [4.69, 9.17) is 0 Å². The highest BCUT2D eigenvalue weighted by atomic mass is 32.2. The molecule has 98 valence electrons. The van der Waals surface area contributed by atoms with E-state index in [0.29, 0.717) is 6.54 Å². The number of aromatic nitrogens is 1. The standard InChI is InChI=1S/C15H16N2OS/c18-15(16-7-10-17-8-3-4-9-17)13-11-19-14-6-2-1-5-12(13)14/h1-6,8-9,13H,7,10-11H2,(H,16,18). The van der Waals surface area contributed by atoms with Gasteiger partial charge in [0.05, 0.1) is 5.92 Å². The Bertz CT molecular complexity index is 565. The van der Waals surface area contributed by atoms with Gasteiger partial charge in [0.25, 0.3) is 0 Å². The third kappa shape index (κ3) is 2.68. The fraction of sp³-hybridized carbons (Fsp3) is 0.267. The van der Waals surface area contributed by atoms with Gasteiger partial charge in [-0.05, 0) is 23.8 Å². The van der Waals surface area contributed by atoms with E-state index in [9.17, 15) is 4.79 Å². The van der Waals surface area contributed by atoms with Gasteiger partial charge in [-0.2, -0.15) is 0 Å². The minimum Gasteiger partial charge on any atom is -0.354 e. The fourth-order valence-electron chi connectivity index (χ4n) is 2.33. The first-order valence-electron chi connectivity index (χ1n) is 6.45. The molecule has 1 aromatic heterocycles. The summed E-state index contributed by atoms with van der Waals surface area (Å²) in [6.45, 7) is 1.50. The Morgan fingerprint density at radius 3 is 2.89 bits per heavy atom. The molecule has 1 unspecified atom stereocenters. The number of benzene rings is 1. The highest BCUT2D eigenvalue weighted by Gasteiger charge is 2.28. The van der Waals surface area contributed by atoms with E-state index >= 15 is 0 Å². The van der Waals surface area contributed by atoms with E-state index in [1.807, 2.05) is 36.7 Å². The monoisotopic (exact) mass is 272 g/mol. The van der Waals surface area contributed by atoms with Gasteiger partial charge < -0.3 is 9.88 Å². The third-order valence-electron chi connectivity index (χ3n) is 3.35. The number of carbonyl (C=O) groups is 1. The van der Waals surface area contributed by atoms with E-state index in [2.05, 4.69) is 22.0 Å². The van der Waals surface area contributed by atoms with Crippen LogP contribution in [0.5, 0.6) is 0 Å². The lowest BCUT2D eigenvalue weighted by Gasteiger charge is -2.12. The summed E-state index contributed by atoms with van der Waals surface area (Å²) in [7, 11) is 0. The van der Waals surface area contributed by atoms with Crippen molar-refractivity contribution in [1.29, 1.82) is 0 Å². The molecular formula is C15H16N2OS. The molecule has 0 saturated heterocycles. The van der Waals surface area contributed by atoms with Crippen LogP contribution in [0.25, 0.3) is 0 Å². The van der Waals surface area contributed by atoms with Gasteiger partial charge in [0.1, 0.15) is 0 Å². The van der Waals surface area contributed by atoms with Crippen LogP contribution in [0.4, 0.5) is 0 Å². The molecule has 1 aliphatic rings. The molecule has 0 spiro atoms. The Balaban J connectivity index is 1.57. The summed E-state index contributed by atoms with van der Waals surface area (Å²) in [5.41, 5.74) is 1.17. The van der Waals surface area contributed by atoms with Gasteiger partial charge in [0, 0.05) is 36.1 Å². The van der Waals surface area contributed by atoms with Crippen molar-refractivity contribution >= 4 is 17.7 Å². The highest BCUT2D eigenvalue weighted by Crippen LogP contribution is 2.39. The Hall–Kier alpha value is -1.68. The van der Waals surface area contributed by atoms with Crippen molar-refractivity contribution in [3.63, 3.8) is 0 Å². The highest BCUT2D eigenvalue weighted by molar-refractivity contribution is 7.99. The minimum absolute atomic E-state index is 0.00543. The lowest BCUT2D eigenvalue weighted by molar-refractivity contribution is -0.122. The second-order valence-corrected chi connectivity index (χ2v) is 5.68. The number of hydrogen-bond acceptors (Lipinski definition) is 2. The van der Waals surface area contributed by atoms with E-state index in [-0.39, 0.29) is 11.8 Å². The molecule has 3 rings (SSSR count). The molecule has 0 bridgehead atoms. The summed E-state index contributed by atoms with van der Waals surface area (Å²) >= 11 is 1.77. The van der Waals surface area contributed by atoms with Gasteiger partial charge in [-0.25, -0.2) is 0 Å². The van der Waals surface area contributed by atoms with Crippen LogP contribution >= 0.6 is 11.8 Å². The Kier molecular flexibility index (Phi) is 3.60. The van der Waals surface area contributed by atoms with Gasteiger partial charge in [-0.1, -0.05) is 18.2 Å². The number of nitrogens with one attached hydrogen (secondary N) is 1. The van der Waals surface area contributed by atoms with Crippen molar-refractivity contribution < 1.29 is 4.79 Å². The van der Waals surface area contributed by atoms with Crippen LogP contribution in [0.2, 0.25) is 0 Å². The maximum absolute atomic E-state index is 12.2. The molecule has 0 saturated carbocycles. The molecule has 0 radical (unpaired) electrons. The van der Waals surface area contributed by atoms with Gasteiger partial charge >= 0.3 is 0 Å². The quantitative estimate of drug-likeness (QED) is 0.928. The van der Waals surface area contributed by atoms with Gasteiger partial charge in [0.2, 0.25) is 5.91 Å². The van der Waals surface area contributed by atoms with Crippen molar-refractivity contribution in [2.45, 2.75) is 17.4 Å². The summed E-state index contributed by atoms with van der Waals surface area (Å²) in [6, 6.07) is 12.2. The molecule has 0 fully saturated rings. The van der Waals surface area contributed by atoms with E-state index < -0.39 is 0 Å². The summed E-state index contributed by atoms with van der Waals surface area (Å²) in [5.74, 6) is 1.00. The van der Waals surface area contributed by atoms with Crippen LogP contribution < -0.4 is 5.32 Å². The van der Waals surface area contributed by atoms with Crippen molar-refractivity contribution in [3.05, 3.63) is 54.4 Å². The molecule has 1 atom stereocenters. The fourth-order valence-corrected chi connectivity index (χ4v) is 3.56. The number of carbonyl (C=O) groups excluding carboxylic acids is 1. The van der Waals surface area contributed by atoms with Crippen LogP contribution in [-0.4, -0.2) is 22.8 Å². The molecule has 1 amide bonds. The van der Waals surface area contributed by atoms with Crippen LogP contribution in [0.1, 0.15) is 11.5 Å². The van der Waals surface area contributed by atoms with Crippen LogP contribution in [-0.2, 0) is 11.3 Å². The van der Waals surface area contributed by atoms with Crippen LogP contribution in [0.15, 0.2) is 53.7 Å². The number of hydrogen-bond donors (Lipinski definition) is 1. The van der Waals surface area contributed by atoms with E-state index in [0.717, 1.165) is 12.3 Å². The molecule has 2 heterocycles. The zero-order chi connectivity index (χ0) is 13.1. The first kappa shape index (κ1) is 12.4. The topological polar surface area (TPSA) is 34.0 Å². The number of rotatable bonds is 4. The van der Waals surface area contributed by atoms with Gasteiger partial charge in [-0.3, -0.25) is 4.79 Å². The molecule has 1 aliphatic heterocycles. The molecule has 1 N–H and O–H groups in total. The van der Waals surface area contributed by atoms with Crippen molar-refractivity contribution in [2.75, 3.05) is 12.3 Å². The van der Waals surface area contributed by atoms with Gasteiger partial charge in [-0.15, -0.1) is 11.8 Å². The average molecular weight is 272 g/mol. The minimum atomic E-state index is 0.00543. The molecule has 2 aromatic rings. The SMILES string of the molecule is O=C(NCCn1cccc1)C1CSc2ccccc21.